The third-order valence-corrected chi connectivity index (χ3v) is 6.74. The summed E-state index contributed by atoms with van der Waals surface area (Å²) < 4.78 is 0. The Morgan fingerprint density at radius 1 is 1.00 bits per heavy atom. The first-order chi connectivity index (χ1) is 12.2. The van der Waals surface area contributed by atoms with Gasteiger partial charge < -0.3 is 9.80 Å². The second-order valence-corrected chi connectivity index (χ2v) is 8.45. The maximum Gasteiger partial charge on any atom is 0.225 e. The summed E-state index contributed by atoms with van der Waals surface area (Å²) in [6.45, 7) is 4.83. The van der Waals surface area contributed by atoms with Crippen LogP contribution in [0.5, 0.6) is 0 Å². The zero-order valence-corrected chi connectivity index (χ0v) is 16.0. The van der Waals surface area contributed by atoms with Crippen molar-refractivity contribution in [1.82, 2.24) is 9.80 Å². The first-order valence-electron chi connectivity index (χ1n) is 10.8. The van der Waals surface area contributed by atoms with E-state index in [4.69, 9.17) is 0 Å². The van der Waals surface area contributed by atoms with Crippen LogP contribution in [0.25, 0.3) is 0 Å². The van der Waals surface area contributed by atoms with Crippen LogP contribution in [-0.4, -0.2) is 47.3 Å². The first kappa shape index (κ1) is 18.7. The van der Waals surface area contributed by atoms with Crippen molar-refractivity contribution in [1.29, 1.82) is 0 Å². The van der Waals surface area contributed by atoms with E-state index in [2.05, 4.69) is 16.7 Å². The van der Waals surface area contributed by atoms with Gasteiger partial charge in [-0.05, 0) is 44.4 Å². The van der Waals surface area contributed by atoms with Crippen LogP contribution in [0.1, 0.15) is 84.0 Å². The van der Waals surface area contributed by atoms with Gasteiger partial charge in [-0.1, -0.05) is 39.0 Å². The van der Waals surface area contributed by atoms with Gasteiger partial charge >= 0.3 is 0 Å². The van der Waals surface area contributed by atoms with Gasteiger partial charge in [0.15, 0.2) is 0 Å². The number of carbonyl (C=O) groups excluding carboxylic acids is 2. The summed E-state index contributed by atoms with van der Waals surface area (Å²) in [5.41, 5.74) is 0. The molecule has 1 saturated carbocycles. The lowest BCUT2D eigenvalue weighted by molar-refractivity contribution is -0.136. The lowest BCUT2D eigenvalue weighted by Gasteiger charge is -2.30. The lowest BCUT2D eigenvalue weighted by Crippen LogP contribution is -2.39. The predicted molar refractivity (Wildman–Crippen MR) is 100 cm³/mol. The Hall–Kier alpha value is -1.06. The molecule has 3 fully saturated rings. The molecule has 0 bridgehead atoms. The SMILES string of the molecule is CC[C@H](CC1CCCCC1)C(=O)N1CCC[C@@H](N2CCCC2=O)CC1. The van der Waals surface area contributed by atoms with Crippen molar-refractivity contribution in [2.75, 3.05) is 19.6 Å². The number of nitrogens with zero attached hydrogens (tertiary/aromatic N) is 2. The van der Waals surface area contributed by atoms with Crippen molar-refractivity contribution < 1.29 is 9.59 Å². The predicted octanol–water partition coefficient (Wildman–Crippen LogP) is 3.99. The van der Waals surface area contributed by atoms with Gasteiger partial charge in [0.1, 0.15) is 0 Å². The summed E-state index contributed by atoms with van der Waals surface area (Å²) in [5.74, 6) is 1.70. The molecule has 25 heavy (non-hydrogen) atoms. The van der Waals surface area contributed by atoms with E-state index in [9.17, 15) is 9.59 Å². The van der Waals surface area contributed by atoms with E-state index in [0.717, 1.165) is 70.5 Å². The number of amides is 2. The molecule has 2 amide bonds. The van der Waals surface area contributed by atoms with Crippen molar-refractivity contribution in [2.24, 2.45) is 11.8 Å². The fraction of sp³-hybridized carbons (Fsp3) is 0.905. The summed E-state index contributed by atoms with van der Waals surface area (Å²) in [5, 5.41) is 0. The topological polar surface area (TPSA) is 40.6 Å². The molecule has 1 aliphatic carbocycles. The summed E-state index contributed by atoms with van der Waals surface area (Å²) in [4.78, 5) is 29.3. The highest BCUT2D eigenvalue weighted by atomic mass is 16.2. The molecular formula is C21H36N2O2. The smallest absolute Gasteiger partial charge is 0.225 e. The standard InChI is InChI=1S/C21H36N2O2/c1-2-18(16-17-8-4-3-5-9-17)21(25)22-13-6-10-19(12-15-22)23-14-7-11-20(23)24/h17-19H,2-16H2,1H3/t18-,19-/m1/s1. The van der Waals surface area contributed by atoms with E-state index in [0.29, 0.717) is 17.9 Å². The van der Waals surface area contributed by atoms with Gasteiger partial charge in [-0.25, -0.2) is 0 Å². The van der Waals surface area contributed by atoms with Gasteiger partial charge in [0.25, 0.3) is 0 Å². The highest BCUT2D eigenvalue weighted by Crippen LogP contribution is 2.31. The van der Waals surface area contributed by atoms with E-state index in [1.165, 1.54) is 32.1 Å². The molecule has 4 nitrogen and oxygen atoms in total. The minimum absolute atomic E-state index is 0.216. The fourth-order valence-corrected chi connectivity index (χ4v) is 5.19. The zero-order valence-electron chi connectivity index (χ0n) is 16.0. The van der Waals surface area contributed by atoms with Gasteiger partial charge in [0.2, 0.25) is 11.8 Å². The number of likely N-dealkylation sites (tertiary alicyclic amines) is 2. The minimum Gasteiger partial charge on any atom is -0.342 e. The Morgan fingerprint density at radius 2 is 1.80 bits per heavy atom. The Kier molecular flexibility index (Phi) is 6.77. The Balaban J connectivity index is 1.53. The van der Waals surface area contributed by atoms with Crippen LogP contribution < -0.4 is 0 Å². The van der Waals surface area contributed by atoms with Gasteiger partial charge in [0, 0.05) is 38.0 Å². The summed E-state index contributed by atoms with van der Waals surface area (Å²) in [6.07, 6.45) is 13.6. The van der Waals surface area contributed by atoms with Gasteiger partial charge in [-0.15, -0.1) is 0 Å². The molecule has 142 valence electrons. The van der Waals surface area contributed by atoms with Gasteiger partial charge in [-0.3, -0.25) is 9.59 Å². The van der Waals surface area contributed by atoms with E-state index < -0.39 is 0 Å². The third-order valence-electron chi connectivity index (χ3n) is 6.74. The van der Waals surface area contributed by atoms with Crippen LogP contribution in [0.2, 0.25) is 0 Å². The third kappa shape index (κ3) is 4.77. The monoisotopic (exact) mass is 348 g/mol. The molecule has 0 N–H and O–H groups in total. The molecule has 2 aliphatic heterocycles. The second-order valence-electron chi connectivity index (χ2n) is 8.45. The summed E-state index contributed by atoms with van der Waals surface area (Å²) >= 11 is 0. The summed E-state index contributed by atoms with van der Waals surface area (Å²) in [6, 6.07) is 0.367. The van der Waals surface area contributed by atoms with E-state index in [-0.39, 0.29) is 5.92 Å². The fourth-order valence-electron chi connectivity index (χ4n) is 5.19. The molecule has 3 aliphatic rings. The van der Waals surface area contributed by atoms with Gasteiger partial charge in [0.05, 0.1) is 0 Å². The van der Waals surface area contributed by atoms with Crippen LogP contribution in [-0.2, 0) is 9.59 Å². The van der Waals surface area contributed by atoms with Crippen molar-refractivity contribution in [3.05, 3.63) is 0 Å². The summed E-state index contributed by atoms with van der Waals surface area (Å²) in [7, 11) is 0. The number of carbonyl (C=O) groups is 2. The molecule has 0 radical (unpaired) electrons. The first-order valence-corrected chi connectivity index (χ1v) is 10.8. The molecule has 0 spiro atoms. The molecule has 0 aromatic carbocycles. The highest BCUT2D eigenvalue weighted by Gasteiger charge is 2.32. The van der Waals surface area contributed by atoms with E-state index >= 15 is 0 Å². The molecule has 2 atom stereocenters. The Morgan fingerprint density at radius 3 is 2.48 bits per heavy atom. The largest absolute Gasteiger partial charge is 0.342 e. The van der Waals surface area contributed by atoms with Crippen LogP contribution in [0.15, 0.2) is 0 Å². The van der Waals surface area contributed by atoms with Crippen molar-refractivity contribution in [3.8, 4) is 0 Å². The normalized spacial score (nSPS) is 27.4. The number of hydrogen-bond donors (Lipinski definition) is 0. The molecular weight excluding hydrogens is 312 g/mol. The molecule has 2 saturated heterocycles. The molecule has 0 aromatic heterocycles. The minimum atomic E-state index is 0.216. The van der Waals surface area contributed by atoms with Crippen LogP contribution in [0, 0.1) is 11.8 Å². The van der Waals surface area contributed by atoms with Crippen LogP contribution in [0.3, 0.4) is 0 Å². The Labute approximate surface area is 153 Å². The van der Waals surface area contributed by atoms with E-state index in [1.54, 1.807) is 0 Å². The highest BCUT2D eigenvalue weighted by molar-refractivity contribution is 5.79. The van der Waals surface area contributed by atoms with E-state index in [1.807, 2.05) is 0 Å². The van der Waals surface area contributed by atoms with Crippen molar-refractivity contribution >= 4 is 11.8 Å². The lowest BCUT2D eigenvalue weighted by atomic mass is 9.81. The molecule has 2 heterocycles. The average molecular weight is 349 g/mol. The zero-order chi connectivity index (χ0) is 17.6. The van der Waals surface area contributed by atoms with Crippen LogP contribution >= 0.6 is 0 Å². The van der Waals surface area contributed by atoms with Gasteiger partial charge in [-0.2, -0.15) is 0 Å². The maximum atomic E-state index is 13.1. The maximum absolute atomic E-state index is 13.1. The van der Waals surface area contributed by atoms with Crippen LogP contribution in [0.4, 0.5) is 0 Å². The number of hydrogen-bond acceptors (Lipinski definition) is 2. The number of rotatable bonds is 5. The molecule has 0 unspecified atom stereocenters. The second kappa shape index (κ2) is 9.05. The molecule has 0 aromatic rings. The van der Waals surface area contributed by atoms with Crippen molar-refractivity contribution in [2.45, 2.75) is 90.0 Å². The quantitative estimate of drug-likeness (QED) is 0.754. The van der Waals surface area contributed by atoms with Crippen molar-refractivity contribution in [3.63, 3.8) is 0 Å². The molecule has 4 heteroatoms. The molecule has 3 rings (SSSR count). The Bertz CT molecular complexity index is 459. The average Bonchev–Trinajstić information content (AvgIpc) is 2.92.